The molecule has 0 unspecified atom stereocenters. The molecule has 2 amide bonds. The Morgan fingerprint density at radius 2 is 1.83 bits per heavy atom. The summed E-state index contributed by atoms with van der Waals surface area (Å²) >= 11 is 0. The van der Waals surface area contributed by atoms with Crippen molar-refractivity contribution in [2.45, 2.75) is 27.3 Å². The molecule has 2 aromatic rings. The van der Waals surface area contributed by atoms with Crippen LogP contribution in [-0.4, -0.2) is 28.2 Å². The lowest BCUT2D eigenvalue weighted by atomic mass is 10.1. The van der Waals surface area contributed by atoms with Crippen LogP contribution in [0.2, 0.25) is 0 Å². The summed E-state index contributed by atoms with van der Waals surface area (Å²) < 4.78 is 0. The van der Waals surface area contributed by atoms with E-state index in [1.165, 1.54) is 11.8 Å². The Morgan fingerprint density at radius 3 is 2.48 bits per heavy atom. The third kappa shape index (κ3) is 4.64. The van der Waals surface area contributed by atoms with Crippen LogP contribution in [0.3, 0.4) is 0 Å². The van der Waals surface area contributed by atoms with Gasteiger partial charge in [-0.2, -0.15) is 0 Å². The number of carbonyl (C=O) groups excluding carboxylic acids is 2. The molecule has 0 spiro atoms. The van der Waals surface area contributed by atoms with Gasteiger partial charge in [0.2, 0.25) is 11.8 Å². The predicted octanol–water partition coefficient (Wildman–Crippen LogP) is 2.69. The summed E-state index contributed by atoms with van der Waals surface area (Å²) in [4.78, 5) is 29.5. The van der Waals surface area contributed by atoms with Gasteiger partial charge in [0, 0.05) is 31.5 Å². The van der Waals surface area contributed by atoms with E-state index in [4.69, 9.17) is 0 Å². The lowest BCUT2D eigenvalue weighted by Crippen LogP contribution is -2.36. The molecule has 0 saturated carbocycles. The molecule has 5 heteroatoms. The van der Waals surface area contributed by atoms with E-state index in [1.807, 2.05) is 44.2 Å². The highest BCUT2D eigenvalue weighted by Crippen LogP contribution is 2.18. The topological polar surface area (TPSA) is 62.3 Å². The maximum Gasteiger partial charge on any atom is 0.244 e. The summed E-state index contributed by atoms with van der Waals surface area (Å²) in [6.45, 7) is 5.83. The smallest absolute Gasteiger partial charge is 0.244 e. The number of aryl methyl sites for hydroxylation is 1. The van der Waals surface area contributed by atoms with Gasteiger partial charge in [-0.1, -0.05) is 12.1 Å². The number of benzene rings is 1. The van der Waals surface area contributed by atoms with E-state index >= 15 is 0 Å². The van der Waals surface area contributed by atoms with Gasteiger partial charge in [0.25, 0.3) is 0 Å². The third-order valence-corrected chi connectivity index (χ3v) is 3.78. The van der Waals surface area contributed by atoms with Crippen LogP contribution in [0.5, 0.6) is 0 Å². The van der Waals surface area contributed by atoms with Gasteiger partial charge in [-0.25, -0.2) is 0 Å². The number of amides is 2. The Labute approximate surface area is 136 Å². The van der Waals surface area contributed by atoms with Crippen LogP contribution >= 0.6 is 0 Å². The van der Waals surface area contributed by atoms with Gasteiger partial charge in [-0.05, 0) is 48.7 Å². The van der Waals surface area contributed by atoms with Crippen molar-refractivity contribution in [2.24, 2.45) is 0 Å². The van der Waals surface area contributed by atoms with Gasteiger partial charge in [0.1, 0.15) is 6.54 Å². The second kappa shape index (κ2) is 7.54. The van der Waals surface area contributed by atoms with Crippen LogP contribution in [-0.2, 0) is 16.1 Å². The average molecular weight is 311 g/mol. The van der Waals surface area contributed by atoms with Gasteiger partial charge in [0.05, 0.1) is 0 Å². The highest BCUT2D eigenvalue weighted by atomic mass is 16.2. The van der Waals surface area contributed by atoms with Gasteiger partial charge in [-0.3, -0.25) is 14.6 Å². The maximum atomic E-state index is 12.3. The fraction of sp³-hybridized carbons (Fsp3) is 0.278. The highest BCUT2D eigenvalue weighted by Gasteiger charge is 2.15. The maximum absolute atomic E-state index is 12.3. The molecule has 0 bridgehead atoms. The zero-order chi connectivity index (χ0) is 16.8. The minimum Gasteiger partial charge on any atom is -0.329 e. The molecule has 5 nitrogen and oxygen atoms in total. The van der Waals surface area contributed by atoms with E-state index in [1.54, 1.807) is 12.4 Å². The first-order valence-corrected chi connectivity index (χ1v) is 7.48. The van der Waals surface area contributed by atoms with Gasteiger partial charge in [-0.15, -0.1) is 0 Å². The molecule has 0 atom stereocenters. The quantitative estimate of drug-likeness (QED) is 0.923. The monoisotopic (exact) mass is 311 g/mol. The zero-order valence-electron chi connectivity index (χ0n) is 13.7. The van der Waals surface area contributed by atoms with E-state index in [0.717, 1.165) is 22.4 Å². The molecular weight excluding hydrogens is 290 g/mol. The Hall–Kier alpha value is -2.69. The molecule has 0 radical (unpaired) electrons. The van der Waals surface area contributed by atoms with E-state index < -0.39 is 0 Å². The normalized spacial score (nSPS) is 10.2. The molecule has 0 aliphatic heterocycles. The predicted molar refractivity (Wildman–Crippen MR) is 89.9 cm³/mol. The number of pyridine rings is 1. The summed E-state index contributed by atoms with van der Waals surface area (Å²) in [5.41, 5.74) is 3.87. The molecule has 120 valence electrons. The minimum absolute atomic E-state index is 0.0189. The Bertz CT molecular complexity index is 699. The number of hydrogen-bond donors (Lipinski definition) is 1. The lowest BCUT2D eigenvalue weighted by Gasteiger charge is -2.21. The van der Waals surface area contributed by atoms with E-state index in [0.29, 0.717) is 6.54 Å². The van der Waals surface area contributed by atoms with Crippen LogP contribution in [0.4, 0.5) is 5.69 Å². The van der Waals surface area contributed by atoms with Crippen LogP contribution in [0.1, 0.15) is 23.6 Å². The van der Waals surface area contributed by atoms with Crippen molar-refractivity contribution in [3.63, 3.8) is 0 Å². The first-order valence-electron chi connectivity index (χ1n) is 7.48. The molecule has 0 aliphatic rings. The average Bonchev–Trinajstić information content (AvgIpc) is 2.52. The van der Waals surface area contributed by atoms with E-state index in [-0.39, 0.29) is 18.4 Å². The molecular formula is C18H21N3O2. The van der Waals surface area contributed by atoms with Crippen molar-refractivity contribution in [1.29, 1.82) is 0 Å². The molecule has 1 N–H and O–H groups in total. The fourth-order valence-corrected chi connectivity index (χ4v) is 2.24. The molecule has 0 aliphatic carbocycles. The Kier molecular flexibility index (Phi) is 5.46. The van der Waals surface area contributed by atoms with Gasteiger partial charge in [0.15, 0.2) is 0 Å². The number of nitrogens with zero attached hydrogens (tertiary/aromatic N) is 2. The standard InChI is InChI=1S/C18H21N3O2/c1-13-5-4-6-17(14(13)2)20-18(23)12-21(15(3)22)11-16-7-9-19-10-8-16/h4-10H,11-12H2,1-3H3,(H,20,23). The molecule has 1 aromatic heterocycles. The molecule has 0 saturated heterocycles. The number of rotatable bonds is 5. The number of nitrogens with one attached hydrogen (secondary N) is 1. The van der Waals surface area contributed by atoms with Crippen LogP contribution in [0.25, 0.3) is 0 Å². The Morgan fingerprint density at radius 1 is 1.13 bits per heavy atom. The second-order valence-electron chi connectivity index (χ2n) is 5.53. The van der Waals surface area contributed by atoms with Crippen molar-refractivity contribution in [2.75, 3.05) is 11.9 Å². The molecule has 1 aromatic carbocycles. The Balaban J connectivity index is 2.03. The molecule has 23 heavy (non-hydrogen) atoms. The molecule has 1 heterocycles. The summed E-state index contributed by atoms with van der Waals surface area (Å²) in [5.74, 6) is -0.346. The van der Waals surface area contributed by atoms with E-state index in [2.05, 4.69) is 10.3 Å². The lowest BCUT2D eigenvalue weighted by molar-refractivity contribution is -0.133. The largest absolute Gasteiger partial charge is 0.329 e. The summed E-state index contributed by atoms with van der Waals surface area (Å²) in [5, 5.41) is 2.88. The van der Waals surface area contributed by atoms with Crippen LogP contribution in [0.15, 0.2) is 42.7 Å². The zero-order valence-corrected chi connectivity index (χ0v) is 13.7. The van der Waals surface area contributed by atoms with Crippen molar-refractivity contribution >= 4 is 17.5 Å². The third-order valence-electron chi connectivity index (χ3n) is 3.78. The summed E-state index contributed by atoms with van der Waals surface area (Å²) in [6, 6.07) is 9.42. The van der Waals surface area contributed by atoms with Gasteiger partial charge >= 0.3 is 0 Å². The highest BCUT2D eigenvalue weighted by molar-refractivity contribution is 5.95. The number of hydrogen-bond acceptors (Lipinski definition) is 3. The first kappa shape index (κ1) is 16.7. The van der Waals surface area contributed by atoms with Crippen LogP contribution < -0.4 is 5.32 Å². The van der Waals surface area contributed by atoms with Crippen LogP contribution in [0, 0.1) is 13.8 Å². The van der Waals surface area contributed by atoms with E-state index in [9.17, 15) is 9.59 Å². The fourth-order valence-electron chi connectivity index (χ4n) is 2.24. The second-order valence-corrected chi connectivity index (χ2v) is 5.53. The van der Waals surface area contributed by atoms with Crippen molar-refractivity contribution < 1.29 is 9.59 Å². The minimum atomic E-state index is -0.206. The summed E-state index contributed by atoms with van der Waals surface area (Å²) in [6.07, 6.45) is 3.34. The summed E-state index contributed by atoms with van der Waals surface area (Å²) in [7, 11) is 0. The van der Waals surface area contributed by atoms with Crippen molar-refractivity contribution in [1.82, 2.24) is 9.88 Å². The van der Waals surface area contributed by atoms with Crippen molar-refractivity contribution in [3.05, 3.63) is 59.4 Å². The number of aromatic nitrogens is 1. The first-order chi connectivity index (χ1) is 11.0. The number of anilines is 1. The van der Waals surface area contributed by atoms with Gasteiger partial charge < -0.3 is 10.2 Å². The molecule has 0 fully saturated rings. The number of carbonyl (C=O) groups is 2. The SMILES string of the molecule is CC(=O)N(CC(=O)Nc1cccc(C)c1C)Cc1ccncc1. The molecule has 2 rings (SSSR count). The van der Waals surface area contributed by atoms with Crippen molar-refractivity contribution in [3.8, 4) is 0 Å².